The van der Waals surface area contributed by atoms with Crippen LogP contribution in [0.5, 0.6) is 11.5 Å². The first-order chi connectivity index (χ1) is 13.4. The van der Waals surface area contributed by atoms with Crippen molar-refractivity contribution in [1.29, 1.82) is 0 Å². The van der Waals surface area contributed by atoms with Crippen molar-refractivity contribution in [3.63, 3.8) is 0 Å². The fraction of sp³-hybridized carbons (Fsp3) is 0.381. The Hall–Kier alpha value is -2.12. The van der Waals surface area contributed by atoms with Crippen LogP contribution in [0.15, 0.2) is 41.4 Å². The van der Waals surface area contributed by atoms with Gasteiger partial charge in [-0.25, -0.2) is 12.8 Å². The summed E-state index contributed by atoms with van der Waals surface area (Å²) in [7, 11) is -3.65. The van der Waals surface area contributed by atoms with Gasteiger partial charge in [-0.2, -0.15) is 0 Å². The number of benzene rings is 2. The van der Waals surface area contributed by atoms with Gasteiger partial charge >= 0.3 is 0 Å². The third-order valence-electron chi connectivity index (χ3n) is 5.38. The molecule has 2 aromatic rings. The summed E-state index contributed by atoms with van der Waals surface area (Å²) in [5.41, 5.74) is 5.65. The third kappa shape index (κ3) is 3.85. The first kappa shape index (κ1) is 21.6. The van der Waals surface area contributed by atoms with Gasteiger partial charge in [0.1, 0.15) is 33.4 Å². The Bertz CT molecular complexity index is 1100. The van der Waals surface area contributed by atoms with Crippen LogP contribution >= 0.6 is 11.6 Å². The van der Waals surface area contributed by atoms with Crippen molar-refractivity contribution in [3.05, 3.63) is 58.4 Å². The Balaban J connectivity index is 2.03. The molecule has 0 aliphatic carbocycles. The number of ether oxygens (including phenoxy) is 1. The standard InChI is InChI=1S/C21H24ClFN2O3S/c1-5-13-10-14(6-8-17(13)22)28-15-7-9-18(23)16(11-15)21(4)12-29(26,27)20(2,3)19(24)25-21/h6-11H,5,12H2,1-4H3,(H2,24,25). The zero-order valence-electron chi connectivity index (χ0n) is 16.8. The van der Waals surface area contributed by atoms with E-state index in [1.807, 2.05) is 13.0 Å². The highest BCUT2D eigenvalue weighted by Crippen LogP contribution is 2.39. The molecule has 5 nitrogen and oxygen atoms in total. The van der Waals surface area contributed by atoms with E-state index >= 15 is 0 Å². The summed E-state index contributed by atoms with van der Waals surface area (Å²) in [4.78, 5) is 4.38. The highest BCUT2D eigenvalue weighted by Gasteiger charge is 2.49. The van der Waals surface area contributed by atoms with Gasteiger partial charge in [-0.05, 0) is 69.2 Å². The number of aliphatic imine (C=N–C) groups is 1. The number of halogens is 2. The van der Waals surface area contributed by atoms with Crippen molar-refractivity contribution >= 4 is 27.3 Å². The second-order valence-electron chi connectivity index (χ2n) is 7.89. The molecule has 8 heteroatoms. The van der Waals surface area contributed by atoms with Crippen LogP contribution in [0.2, 0.25) is 5.02 Å². The van der Waals surface area contributed by atoms with E-state index in [2.05, 4.69) is 4.99 Å². The van der Waals surface area contributed by atoms with E-state index in [1.54, 1.807) is 19.1 Å². The van der Waals surface area contributed by atoms with Crippen molar-refractivity contribution in [2.24, 2.45) is 10.7 Å². The summed E-state index contributed by atoms with van der Waals surface area (Å²) < 4.78 is 44.8. The predicted octanol–water partition coefficient (Wildman–Crippen LogP) is 4.61. The van der Waals surface area contributed by atoms with Crippen LogP contribution in [0.3, 0.4) is 0 Å². The maximum Gasteiger partial charge on any atom is 0.165 e. The summed E-state index contributed by atoms with van der Waals surface area (Å²) in [6.07, 6.45) is 0.740. The third-order valence-corrected chi connectivity index (χ3v) is 8.46. The fourth-order valence-electron chi connectivity index (χ4n) is 3.28. The Labute approximate surface area is 175 Å². The lowest BCUT2D eigenvalue weighted by molar-refractivity contribution is 0.456. The Morgan fingerprint density at radius 2 is 1.79 bits per heavy atom. The zero-order valence-corrected chi connectivity index (χ0v) is 18.4. The molecule has 0 amide bonds. The Morgan fingerprint density at radius 3 is 2.41 bits per heavy atom. The second-order valence-corrected chi connectivity index (χ2v) is 10.8. The number of nitrogens with two attached hydrogens (primary N) is 1. The van der Waals surface area contributed by atoms with Gasteiger partial charge in [-0.3, -0.25) is 4.99 Å². The normalized spacial score (nSPS) is 22.8. The summed E-state index contributed by atoms with van der Waals surface area (Å²) in [6, 6.07) is 9.47. The molecule has 2 N–H and O–H groups in total. The largest absolute Gasteiger partial charge is 0.457 e. The van der Waals surface area contributed by atoms with E-state index in [0.29, 0.717) is 16.5 Å². The molecule has 156 valence electrons. The van der Waals surface area contributed by atoms with Gasteiger partial charge in [0.2, 0.25) is 0 Å². The molecule has 0 aromatic heterocycles. The minimum Gasteiger partial charge on any atom is -0.457 e. The molecule has 0 saturated heterocycles. The molecule has 1 atom stereocenters. The highest BCUT2D eigenvalue weighted by atomic mass is 35.5. The van der Waals surface area contributed by atoms with Crippen LogP contribution in [-0.2, 0) is 21.8 Å². The Morgan fingerprint density at radius 1 is 1.17 bits per heavy atom. The second kappa shape index (κ2) is 7.29. The maximum atomic E-state index is 14.7. The summed E-state index contributed by atoms with van der Waals surface area (Å²) in [5.74, 6) is -0.0501. The fourth-order valence-corrected chi connectivity index (χ4v) is 5.22. The van der Waals surface area contributed by atoms with Crippen LogP contribution in [-0.4, -0.2) is 24.8 Å². The molecule has 3 rings (SSSR count). The quantitative estimate of drug-likeness (QED) is 0.755. The lowest BCUT2D eigenvalue weighted by atomic mass is 9.93. The van der Waals surface area contributed by atoms with Gasteiger partial charge in [-0.15, -0.1) is 0 Å². The maximum absolute atomic E-state index is 14.7. The van der Waals surface area contributed by atoms with E-state index < -0.39 is 25.9 Å². The molecule has 0 fully saturated rings. The number of rotatable bonds is 4. The molecule has 0 saturated carbocycles. The smallest absolute Gasteiger partial charge is 0.165 e. The van der Waals surface area contributed by atoms with Crippen LogP contribution in [0.4, 0.5) is 4.39 Å². The molecule has 1 heterocycles. The van der Waals surface area contributed by atoms with Crippen LogP contribution < -0.4 is 10.5 Å². The van der Waals surface area contributed by atoms with E-state index in [1.165, 1.54) is 32.0 Å². The predicted molar refractivity (Wildman–Crippen MR) is 114 cm³/mol. The lowest BCUT2D eigenvalue weighted by Gasteiger charge is -2.38. The summed E-state index contributed by atoms with van der Waals surface area (Å²) in [6.45, 7) is 6.55. The number of aryl methyl sites for hydroxylation is 1. The zero-order chi connectivity index (χ0) is 21.6. The molecule has 0 bridgehead atoms. The molecule has 1 aliphatic rings. The SMILES string of the molecule is CCc1cc(Oc2ccc(F)c(C3(C)CS(=O)(=O)C(C)(C)C(N)=N3)c2)ccc1Cl. The van der Waals surface area contributed by atoms with E-state index in [0.717, 1.165) is 12.0 Å². The van der Waals surface area contributed by atoms with Gasteiger partial charge in [-0.1, -0.05) is 18.5 Å². The van der Waals surface area contributed by atoms with Crippen LogP contribution in [0, 0.1) is 5.82 Å². The van der Waals surface area contributed by atoms with Crippen molar-refractivity contribution < 1.29 is 17.5 Å². The van der Waals surface area contributed by atoms with Gasteiger partial charge in [0, 0.05) is 10.6 Å². The average Bonchev–Trinajstić information content (AvgIpc) is 2.63. The van der Waals surface area contributed by atoms with Gasteiger partial charge in [0.15, 0.2) is 9.84 Å². The Kier molecular flexibility index (Phi) is 5.43. The van der Waals surface area contributed by atoms with E-state index in [9.17, 15) is 12.8 Å². The molecule has 1 unspecified atom stereocenters. The van der Waals surface area contributed by atoms with Crippen molar-refractivity contribution in [1.82, 2.24) is 0 Å². The number of hydrogen-bond donors (Lipinski definition) is 1. The highest BCUT2D eigenvalue weighted by molar-refractivity contribution is 7.93. The average molecular weight is 439 g/mol. The summed E-state index contributed by atoms with van der Waals surface area (Å²) in [5, 5.41) is 0.645. The molecule has 0 spiro atoms. The molecule has 29 heavy (non-hydrogen) atoms. The number of amidine groups is 1. The van der Waals surface area contributed by atoms with Crippen LogP contribution in [0.1, 0.15) is 38.8 Å². The number of sulfone groups is 1. The summed E-state index contributed by atoms with van der Waals surface area (Å²) >= 11 is 6.14. The van der Waals surface area contributed by atoms with Crippen molar-refractivity contribution in [2.75, 3.05) is 5.75 Å². The molecule has 1 aliphatic heterocycles. The number of hydrogen-bond acceptors (Lipinski definition) is 5. The van der Waals surface area contributed by atoms with E-state index in [4.69, 9.17) is 22.1 Å². The molecular formula is C21H24ClFN2O3S. The number of nitrogens with zero attached hydrogens (tertiary/aromatic N) is 1. The minimum atomic E-state index is -3.65. The first-order valence-electron chi connectivity index (χ1n) is 9.24. The van der Waals surface area contributed by atoms with Crippen molar-refractivity contribution in [3.8, 4) is 11.5 Å². The lowest BCUT2D eigenvalue weighted by Crippen LogP contribution is -2.54. The van der Waals surface area contributed by atoms with Crippen molar-refractivity contribution in [2.45, 2.75) is 44.4 Å². The van der Waals surface area contributed by atoms with E-state index in [-0.39, 0.29) is 17.2 Å². The van der Waals surface area contributed by atoms with Gasteiger partial charge in [0.25, 0.3) is 0 Å². The monoisotopic (exact) mass is 438 g/mol. The van der Waals surface area contributed by atoms with Crippen LogP contribution in [0.25, 0.3) is 0 Å². The first-order valence-corrected chi connectivity index (χ1v) is 11.3. The van der Waals surface area contributed by atoms with Gasteiger partial charge in [0.05, 0.1) is 5.75 Å². The minimum absolute atomic E-state index is 0.0396. The van der Waals surface area contributed by atoms with Gasteiger partial charge < -0.3 is 10.5 Å². The molecule has 0 radical (unpaired) electrons. The molecule has 2 aromatic carbocycles. The topological polar surface area (TPSA) is 81.8 Å². The molecular weight excluding hydrogens is 415 g/mol.